The molecule has 0 unspecified atom stereocenters. The molecule has 1 aliphatic rings. The van der Waals surface area contributed by atoms with Crippen LogP contribution in [-0.4, -0.2) is 6.54 Å². The lowest BCUT2D eigenvalue weighted by Crippen LogP contribution is -2.21. The molecule has 2 aromatic carbocycles. The number of para-hydroxylation sites is 1. The molecule has 19 heavy (non-hydrogen) atoms. The first-order valence-electron chi connectivity index (χ1n) is 6.64. The lowest BCUT2D eigenvalue weighted by molar-refractivity contribution is 0.866. The van der Waals surface area contributed by atoms with Gasteiger partial charge < -0.3 is 4.90 Å². The van der Waals surface area contributed by atoms with E-state index >= 15 is 0 Å². The summed E-state index contributed by atoms with van der Waals surface area (Å²) < 4.78 is 0. The van der Waals surface area contributed by atoms with E-state index in [1.807, 2.05) is 17.8 Å². The van der Waals surface area contributed by atoms with Crippen molar-refractivity contribution in [1.82, 2.24) is 0 Å². The summed E-state index contributed by atoms with van der Waals surface area (Å²) in [5.74, 6) is 0. The van der Waals surface area contributed by atoms with E-state index in [1.54, 1.807) is 0 Å². The molecule has 1 aliphatic heterocycles. The molecule has 0 saturated carbocycles. The van der Waals surface area contributed by atoms with Gasteiger partial charge in [0.1, 0.15) is 0 Å². The molecule has 0 amide bonds. The van der Waals surface area contributed by atoms with E-state index in [1.165, 1.54) is 26.7 Å². The Labute approximate surface area is 119 Å². The van der Waals surface area contributed by atoms with Crippen LogP contribution in [0, 0.1) is 0 Å². The summed E-state index contributed by atoms with van der Waals surface area (Å²) in [6.07, 6.45) is 3.05. The van der Waals surface area contributed by atoms with Crippen molar-refractivity contribution in [3.05, 3.63) is 54.6 Å². The summed E-state index contributed by atoms with van der Waals surface area (Å²) in [4.78, 5) is 5.09. The summed E-state index contributed by atoms with van der Waals surface area (Å²) in [6.45, 7) is 7.13. The SMILES string of the molecule is C=Cc1ccc2c(c1)Sc1ccccc1N2CCC. The van der Waals surface area contributed by atoms with E-state index in [-0.39, 0.29) is 0 Å². The molecule has 0 aromatic heterocycles. The molecule has 2 heteroatoms. The van der Waals surface area contributed by atoms with Crippen LogP contribution in [0.5, 0.6) is 0 Å². The molecule has 0 spiro atoms. The largest absolute Gasteiger partial charge is 0.340 e. The number of hydrogen-bond acceptors (Lipinski definition) is 2. The molecular formula is C17H17NS. The van der Waals surface area contributed by atoms with Crippen LogP contribution in [0.1, 0.15) is 18.9 Å². The molecule has 0 fully saturated rings. The van der Waals surface area contributed by atoms with E-state index in [2.05, 4.69) is 60.9 Å². The van der Waals surface area contributed by atoms with Gasteiger partial charge in [-0.05, 0) is 36.2 Å². The number of fused-ring (bicyclic) bond motifs is 2. The lowest BCUT2D eigenvalue weighted by atomic mass is 10.1. The monoisotopic (exact) mass is 267 g/mol. The van der Waals surface area contributed by atoms with Crippen molar-refractivity contribution >= 4 is 29.2 Å². The van der Waals surface area contributed by atoms with Gasteiger partial charge in [-0.1, -0.05) is 49.5 Å². The minimum absolute atomic E-state index is 1.05. The molecule has 0 aliphatic carbocycles. The Hall–Kier alpha value is -1.67. The summed E-state index contributed by atoms with van der Waals surface area (Å²) in [5, 5.41) is 0. The second-order valence-corrected chi connectivity index (χ2v) is 5.74. The molecule has 0 bridgehead atoms. The summed E-state index contributed by atoms with van der Waals surface area (Å²) >= 11 is 1.85. The third-order valence-corrected chi connectivity index (χ3v) is 4.45. The van der Waals surface area contributed by atoms with Gasteiger partial charge in [0.25, 0.3) is 0 Å². The Bertz CT molecular complexity index is 618. The van der Waals surface area contributed by atoms with Crippen molar-refractivity contribution < 1.29 is 0 Å². The Kier molecular flexibility index (Phi) is 3.34. The highest BCUT2D eigenvalue weighted by Crippen LogP contribution is 2.48. The van der Waals surface area contributed by atoms with Gasteiger partial charge >= 0.3 is 0 Å². The zero-order chi connectivity index (χ0) is 13.2. The average molecular weight is 267 g/mol. The second kappa shape index (κ2) is 5.14. The van der Waals surface area contributed by atoms with Gasteiger partial charge in [-0.25, -0.2) is 0 Å². The Balaban J connectivity index is 2.13. The normalized spacial score (nSPS) is 12.8. The first kappa shape index (κ1) is 12.4. The van der Waals surface area contributed by atoms with Gasteiger partial charge in [-0.3, -0.25) is 0 Å². The van der Waals surface area contributed by atoms with E-state index in [4.69, 9.17) is 0 Å². The van der Waals surface area contributed by atoms with Crippen molar-refractivity contribution in [2.75, 3.05) is 11.4 Å². The molecule has 1 heterocycles. The summed E-state index contributed by atoms with van der Waals surface area (Å²) in [7, 11) is 0. The Morgan fingerprint density at radius 3 is 2.68 bits per heavy atom. The Morgan fingerprint density at radius 1 is 1.11 bits per heavy atom. The number of anilines is 2. The highest BCUT2D eigenvalue weighted by molar-refractivity contribution is 7.99. The molecule has 0 N–H and O–H groups in total. The number of benzene rings is 2. The number of hydrogen-bond donors (Lipinski definition) is 0. The van der Waals surface area contributed by atoms with E-state index in [0.29, 0.717) is 0 Å². The van der Waals surface area contributed by atoms with Crippen LogP contribution in [0.4, 0.5) is 11.4 Å². The predicted octanol–water partition coefficient (Wildman–Crippen LogP) is 5.34. The quantitative estimate of drug-likeness (QED) is 0.738. The van der Waals surface area contributed by atoms with Gasteiger partial charge in [-0.15, -0.1) is 0 Å². The fourth-order valence-corrected chi connectivity index (χ4v) is 3.59. The maximum atomic E-state index is 3.86. The standard InChI is InChI=1S/C17H17NS/c1-3-11-18-14-7-5-6-8-16(14)19-17-12-13(4-2)9-10-15(17)18/h4-10,12H,2-3,11H2,1H3. The van der Waals surface area contributed by atoms with Gasteiger partial charge in [-0.2, -0.15) is 0 Å². The fourth-order valence-electron chi connectivity index (χ4n) is 2.44. The molecule has 2 aromatic rings. The molecule has 0 saturated heterocycles. The first-order chi connectivity index (χ1) is 9.33. The molecule has 0 radical (unpaired) electrons. The minimum atomic E-state index is 1.05. The van der Waals surface area contributed by atoms with Crippen LogP contribution in [-0.2, 0) is 0 Å². The minimum Gasteiger partial charge on any atom is -0.340 e. The van der Waals surface area contributed by atoms with Gasteiger partial charge in [0.15, 0.2) is 0 Å². The summed E-state index contributed by atoms with van der Waals surface area (Å²) in [6, 6.07) is 15.2. The fraction of sp³-hybridized carbons (Fsp3) is 0.176. The number of rotatable bonds is 3. The van der Waals surface area contributed by atoms with Crippen LogP contribution < -0.4 is 4.90 Å². The first-order valence-corrected chi connectivity index (χ1v) is 7.46. The Morgan fingerprint density at radius 2 is 1.89 bits per heavy atom. The van der Waals surface area contributed by atoms with Crippen LogP contribution in [0.3, 0.4) is 0 Å². The molecule has 96 valence electrons. The lowest BCUT2D eigenvalue weighted by Gasteiger charge is -2.32. The van der Waals surface area contributed by atoms with Crippen molar-refractivity contribution in [2.24, 2.45) is 0 Å². The van der Waals surface area contributed by atoms with Crippen molar-refractivity contribution in [1.29, 1.82) is 0 Å². The van der Waals surface area contributed by atoms with Gasteiger partial charge in [0.2, 0.25) is 0 Å². The second-order valence-electron chi connectivity index (χ2n) is 4.65. The third kappa shape index (κ3) is 2.17. The average Bonchev–Trinajstić information content (AvgIpc) is 2.46. The van der Waals surface area contributed by atoms with Crippen molar-refractivity contribution in [3.63, 3.8) is 0 Å². The topological polar surface area (TPSA) is 3.24 Å². The van der Waals surface area contributed by atoms with E-state index in [9.17, 15) is 0 Å². The molecule has 1 nitrogen and oxygen atoms in total. The zero-order valence-corrected chi connectivity index (χ0v) is 11.9. The van der Waals surface area contributed by atoms with Crippen molar-refractivity contribution in [2.45, 2.75) is 23.1 Å². The summed E-state index contributed by atoms with van der Waals surface area (Å²) in [5.41, 5.74) is 3.83. The molecule has 0 atom stereocenters. The third-order valence-electron chi connectivity index (χ3n) is 3.33. The maximum Gasteiger partial charge on any atom is 0.0553 e. The van der Waals surface area contributed by atoms with Crippen LogP contribution in [0.2, 0.25) is 0 Å². The van der Waals surface area contributed by atoms with Crippen LogP contribution in [0.15, 0.2) is 58.8 Å². The number of nitrogens with zero attached hydrogens (tertiary/aromatic N) is 1. The zero-order valence-electron chi connectivity index (χ0n) is 11.1. The smallest absolute Gasteiger partial charge is 0.0553 e. The van der Waals surface area contributed by atoms with Gasteiger partial charge in [0, 0.05) is 16.3 Å². The van der Waals surface area contributed by atoms with Crippen LogP contribution >= 0.6 is 11.8 Å². The predicted molar refractivity (Wildman–Crippen MR) is 84.4 cm³/mol. The highest BCUT2D eigenvalue weighted by atomic mass is 32.2. The van der Waals surface area contributed by atoms with Crippen LogP contribution in [0.25, 0.3) is 6.08 Å². The highest BCUT2D eigenvalue weighted by Gasteiger charge is 2.22. The van der Waals surface area contributed by atoms with E-state index < -0.39 is 0 Å². The maximum absolute atomic E-state index is 3.86. The molecular weight excluding hydrogens is 250 g/mol. The molecule has 3 rings (SSSR count). The van der Waals surface area contributed by atoms with Crippen molar-refractivity contribution in [3.8, 4) is 0 Å². The van der Waals surface area contributed by atoms with E-state index in [0.717, 1.165) is 13.0 Å². The van der Waals surface area contributed by atoms with Gasteiger partial charge in [0.05, 0.1) is 11.4 Å².